The van der Waals surface area contributed by atoms with Crippen molar-refractivity contribution in [1.29, 1.82) is 0 Å². The van der Waals surface area contributed by atoms with E-state index >= 15 is 0 Å². The van der Waals surface area contributed by atoms with Crippen LogP contribution in [0.3, 0.4) is 0 Å². The smallest absolute Gasteiger partial charge is 0.328 e. The summed E-state index contributed by atoms with van der Waals surface area (Å²) in [6.07, 6.45) is 4.69. The van der Waals surface area contributed by atoms with E-state index in [-0.39, 0.29) is 5.91 Å². The van der Waals surface area contributed by atoms with E-state index in [2.05, 4.69) is 10.6 Å². The second-order valence-electron chi connectivity index (χ2n) is 5.32. The Hall–Kier alpha value is -1.14. The second kappa shape index (κ2) is 5.67. The molecule has 1 amide bonds. The molecule has 0 saturated carbocycles. The monoisotopic (exact) mass is 256 g/mol. The van der Waals surface area contributed by atoms with Crippen LogP contribution < -0.4 is 10.6 Å². The summed E-state index contributed by atoms with van der Waals surface area (Å²) in [5, 5.41) is 23.4. The van der Waals surface area contributed by atoms with Gasteiger partial charge in [-0.1, -0.05) is 0 Å². The fraction of sp³-hybridized carbons (Fsp3) is 0.833. The summed E-state index contributed by atoms with van der Waals surface area (Å²) in [7, 11) is 0. The minimum Gasteiger partial charge on any atom is -0.480 e. The summed E-state index contributed by atoms with van der Waals surface area (Å²) < 4.78 is 0. The number of hydrogen-bond donors (Lipinski definition) is 4. The lowest BCUT2D eigenvalue weighted by molar-refractivity contribution is -0.143. The number of piperidine rings is 1. The molecule has 4 N–H and O–H groups in total. The van der Waals surface area contributed by atoms with Gasteiger partial charge in [-0.15, -0.1) is 0 Å². The molecule has 0 radical (unpaired) electrons. The van der Waals surface area contributed by atoms with Gasteiger partial charge in [0.25, 0.3) is 0 Å². The molecule has 0 aromatic carbocycles. The number of hydrogen-bond acceptors (Lipinski definition) is 4. The van der Waals surface area contributed by atoms with Crippen LogP contribution in [-0.4, -0.2) is 46.8 Å². The molecule has 2 heterocycles. The first-order valence-electron chi connectivity index (χ1n) is 6.47. The first-order valence-corrected chi connectivity index (χ1v) is 6.47. The number of carboxylic acid groups (broad SMARTS) is 1. The van der Waals surface area contributed by atoms with Crippen molar-refractivity contribution in [2.24, 2.45) is 5.92 Å². The SMILES string of the molecule is O=C(CC1CC2CCC(C1)N2)N[C@@H](CO)C(=O)O. The molecular weight excluding hydrogens is 236 g/mol. The Morgan fingerprint density at radius 3 is 2.39 bits per heavy atom. The summed E-state index contributed by atoms with van der Waals surface area (Å²) in [4.78, 5) is 22.4. The third-order valence-corrected chi connectivity index (χ3v) is 3.86. The third kappa shape index (κ3) is 3.20. The van der Waals surface area contributed by atoms with E-state index in [1.807, 2.05) is 0 Å². The topological polar surface area (TPSA) is 98.7 Å². The van der Waals surface area contributed by atoms with Gasteiger partial charge in [0.15, 0.2) is 0 Å². The molecular formula is C12H20N2O4. The van der Waals surface area contributed by atoms with Crippen molar-refractivity contribution in [2.75, 3.05) is 6.61 Å². The number of nitrogens with one attached hydrogen (secondary N) is 2. The Morgan fingerprint density at radius 1 is 1.28 bits per heavy atom. The van der Waals surface area contributed by atoms with E-state index in [9.17, 15) is 9.59 Å². The van der Waals surface area contributed by atoms with E-state index in [0.29, 0.717) is 24.4 Å². The van der Waals surface area contributed by atoms with Gasteiger partial charge in [-0.3, -0.25) is 4.79 Å². The molecule has 2 rings (SSSR count). The zero-order valence-corrected chi connectivity index (χ0v) is 10.3. The molecule has 2 aliphatic heterocycles. The van der Waals surface area contributed by atoms with E-state index in [0.717, 1.165) is 12.8 Å². The van der Waals surface area contributed by atoms with Crippen LogP contribution >= 0.6 is 0 Å². The number of fused-ring (bicyclic) bond motifs is 2. The number of aliphatic hydroxyl groups excluding tert-OH is 1. The van der Waals surface area contributed by atoms with Crippen LogP contribution in [0.15, 0.2) is 0 Å². The number of amides is 1. The fourth-order valence-electron chi connectivity index (χ4n) is 3.04. The maximum Gasteiger partial charge on any atom is 0.328 e. The number of aliphatic carboxylic acids is 1. The first kappa shape index (κ1) is 13.3. The molecule has 2 unspecified atom stereocenters. The highest BCUT2D eigenvalue weighted by atomic mass is 16.4. The average molecular weight is 256 g/mol. The average Bonchev–Trinajstić information content (AvgIpc) is 2.65. The van der Waals surface area contributed by atoms with Crippen molar-refractivity contribution < 1.29 is 19.8 Å². The molecule has 2 bridgehead atoms. The first-order chi connectivity index (χ1) is 8.58. The quantitative estimate of drug-likeness (QED) is 0.530. The number of carboxylic acids is 1. The molecule has 2 saturated heterocycles. The number of carbonyl (C=O) groups excluding carboxylic acids is 1. The van der Waals surface area contributed by atoms with Gasteiger partial charge in [0.2, 0.25) is 5.91 Å². The van der Waals surface area contributed by atoms with Gasteiger partial charge in [-0.25, -0.2) is 4.79 Å². The molecule has 0 spiro atoms. The predicted octanol–water partition coefficient (Wildman–Crippen LogP) is -0.531. The zero-order valence-electron chi connectivity index (χ0n) is 10.3. The standard InChI is InChI=1S/C12H20N2O4/c15-6-10(12(17)18)14-11(16)5-7-3-8-1-2-9(4-7)13-8/h7-10,13,15H,1-6H2,(H,14,16)(H,17,18)/t7?,8?,9?,10-/m0/s1. The molecule has 18 heavy (non-hydrogen) atoms. The molecule has 0 aromatic heterocycles. The normalized spacial score (nSPS) is 31.9. The number of rotatable bonds is 5. The van der Waals surface area contributed by atoms with Crippen LogP contribution in [0.5, 0.6) is 0 Å². The highest BCUT2D eigenvalue weighted by molar-refractivity contribution is 5.83. The van der Waals surface area contributed by atoms with Gasteiger partial charge >= 0.3 is 5.97 Å². The van der Waals surface area contributed by atoms with Gasteiger partial charge in [0.05, 0.1) is 6.61 Å². The molecule has 3 atom stereocenters. The van der Waals surface area contributed by atoms with E-state index in [1.54, 1.807) is 0 Å². The Bertz CT molecular complexity index is 322. The van der Waals surface area contributed by atoms with Crippen LogP contribution in [0.2, 0.25) is 0 Å². The van der Waals surface area contributed by atoms with Gasteiger partial charge in [-0.05, 0) is 31.6 Å². The molecule has 6 nitrogen and oxygen atoms in total. The Labute approximate surface area is 106 Å². The summed E-state index contributed by atoms with van der Waals surface area (Å²) in [5.41, 5.74) is 0. The maximum absolute atomic E-state index is 11.7. The summed E-state index contributed by atoms with van der Waals surface area (Å²) in [6.45, 7) is -0.571. The minimum atomic E-state index is -1.20. The van der Waals surface area contributed by atoms with Gasteiger partial charge < -0.3 is 20.8 Å². The lowest BCUT2D eigenvalue weighted by Gasteiger charge is -2.28. The predicted molar refractivity (Wildman–Crippen MR) is 63.9 cm³/mol. The van der Waals surface area contributed by atoms with Crippen LogP contribution in [0.25, 0.3) is 0 Å². The lowest BCUT2D eigenvalue weighted by Crippen LogP contribution is -2.45. The number of carbonyl (C=O) groups is 2. The second-order valence-corrected chi connectivity index (χ2v) is 5.32. The molecule has 2 aliphatic rings. The van der Waals surface area contributed by atoms with Gasteiger partial charge in [0, 0.05) is 18.5 Å². The Kier molecular flexibility index (Phi) is 4.19. The molecule has 2 fully saturated rings. The largest absolute Gasteiger partial charge is 0.480 e. The maximum atomic E-state index is 11.7. The molecule has 6 heteroatoms. The van der Waals surface area contributed by atoms with Crippen molar-refractivity contribution in [3.63, 3.8) is 0 Å². The highest BCUT2D eigenvalue weighted by Gasteiger charge is 2.34. The lowest BCUT2D eigenvalue weighted by atomic mass is 9.89. The van der Waals surface area contributed by atoms with Crippen molar-refractivity contribution in [2.45, 2.75) is 50.2 Å². The Morgan fingerprint density at radius 2 is 1.89 bits per heavy atom. The molecule has 102 valence electrons. The van der Waals surface area contributed by atoms with E-state index < -0.39 is 18.6 Å². The van der Waals surface area contributed by atoms with Crippen molar-refractivity contribution >= 4 is 11.9 Å². The van der Waals surface area contributed by atoms with Crippen molar-refractivity contribution in [3.8, 4) is 0 Å². The third-order valence-electron chi connectivity index (χ3n) is 3.86. The van der Waals surface area contributed by atoms with Crippen LogP contribution in [0, 0.1) is 5.92 Å². The number of aliphatic hydroxyl groups is 1. The van der Waals surface area contributed by atoms with Crippen LogP contribution in [-0.2, 0) is 9.59 Å². The van der Waals surface area contributed by atoms with Crippen molar-refractivity contribution in [1.82, 2.24) is 10.6 Å². The fourth-order valence-corrected chi connectivity index (χ4v) is 3.04. The molecule has 0 aliphatic carbocycles. The van der Waals surface area contributed by atoms with E-state index in [1.165, 1.54) is 12.8 Å². The summed E-state index contributed by atoms with van der Waals surface area (Å²) in [5.74, 6) is -1.14. The highest BCUT2D eigenvalue weighted by Crippen LogP contribution is 2.32. The van der Waals surface area contributed by atoms with E-state index in [4.69, 9.17) is 10.2 Å². The Balaban J connectivity index is 1.79. The summed E-state index contributed by atoms with van der Waals surface area (Å²) in [6, 6.07) is -0.139. The van der Waals surface area contributed by atoms with Gasteiger partial charge in [0.1, 0.15) is 6.04 Å². The van der Waals surface area contributed by atoms with Crippen LogP contribution in [0.4, 0.5) is 0 Å². The van der Waals surface area contributed by atoms with Crippen LogP contribution in [0.1, 0.15) is 32.1 Å². The zero-order chi connectivity index (χ0) is 13.1. The minimum absolute atomic E-state index is 0.275. The van der Waals surface area contributed by atoms with Gasteiger partial charge in [-0.2, -0.15) is 0 Å². The summed E-state index contributed by atoms with van der Waals surface area (Å²) >= 11 is 0. The molecule has 0 aromatic rings. The van der Waals surface area contributed by atoms with Crippen molar-refractivity contribution in [3.05, 3.63) is 0 Å².